The van der Waals surface area contributed by atoms with E-state index in [2.05, 4.69) is 19.2 Å². The summed E-state index contributed by atoms with van der Waals surface area (Å²) in [5.74, 6) is 0.847. The molecule has 2 heterocycles. The van der Waals surface area contributed by atoms with Gasteiger partial charge in [0.1, 0.15) is 5.75 Å². The number of rotatable bonds is 1. The molecule has 1 N–H and O–H groups in total. The number of aryl methyl sites for hydroxylation is 2. The highest BCUT2D eigenvalue weighted by Crippen LogP contribution is 2.45. The standard InChI is InChI=1S/C19H20N2O2/c1-12-8-9-14(10-13(12)2)21-18(22)20-16-11-19(21,3)23-17-7-5-4-6-15(16)17/h4-10,16H,11H2,1-3H3,(H,20,22). The summed E-state index contributed by atoms with van der Waals surface area (Å²) in [4.78, 5) is 14.5. The summed E-state index contributed by atoms with van der Waals surface area (Å²) in [7, 11) is 0. The quantitative estimate of drug-likeness (QED) is 0.862. The number of amides is 2. The molecular weight excluding hydrogens is 288 g/mol. The normalized spacial score (nSPS) is 25.4. The zero-order valence-electron chi connectivity index (χ0n) is 13.6. The van der Waals surface area contributed by atoms with Crippen LogP contribution in [-0.4, -0.2) is 11.8 Å². The number of urea groups is 1. The highest BCUT2D eigenvalue weighted by molar-refractivity contribution is 5.95. The number of benzene rings is 2. The predicted molar refractivity (Wildman–Crippen MR) is 89.8 cm³/mol. The van der Waals surface area contributed by atoms with Gasteiger partial charge in [0.2, 0.25) is 0 Å². The fourth-order valence-electron chi connectivity index (χ4n) is 3.58. The Morgan fingerprint density at radius 1 is 1.17 bits per heavy atom. The second-order valence-corrected chi connectivity index (χ2v) is 6.63. The molecule has 2 aromatic carbocycles. The van der Waals surface area contributed by atoms with E-state index in [1.54, 1.807) is 4.90 Å². The summed E-state index contributed by atoms with van der Waals surface area (Å²) in [6.45, 7) is 6.12. The number of nitrogens with one attached hydrogen (secondary N) is 1. The summed E-state index contributed by atoms with van der Waals surface area (Å²) in [5.41, 5.74) is 3.62. The Balaban J connectivity index is 1.81. The Kier molecular flexibility index (Phi) is 2.92. The van der Waals surface area contributed by atoms with E-state index in [0.29, 0.717) is 0 Å². The zero-order valence-corrected chi connectivity index (χ0v) is 13.6. The van der Waals surface area contributed by atoms with Crippen LogP contribution in [0.15, 0.2) is 42.5 Å². The maximum atomic E-state index is 12.8. The summed E-state index contributed by atoms with van der Waals surface area (Å²) >= 11 is 0. The van der Waals surface area contributed by atoms with Gasteiger partial charge in [0.15, 0.2) is 5.72 Å². The van der Waals surface area contributed by atoms with Gasteiger partial charge >= 0.3 is 6.03 Å². The lowest BCUT2D eigenvalue weighted by Gasteiger charge is -2.50. The van der Waals surface area contributed by atoms with Crippen LogP contribution in [0.5, 0.6) is 5.75 Å². The third-order valence-corrected chi connectivity index (χ3v) is 4.93. The monoisotopic (exact) mass is 308 g/mol. The van der Waals surface area contributed by atoms with Gasteiger partial charge in [-0.05, 0) is 50.1 Å². The molecule has 4 rings (SSSR count). The Morgan fingerprint density at radius 3 is 2.74 bits per heavy atom. The first-order chi connectivity index (χ1) is 11.0. The predicted octanol–water partition coefficient (Wildman–Crippen LogP) is 4.07. The Morgan fingerprint density at radius 2 is 1.96 bits per heavy atom. The van der Waals surface area contributed by atoms with Gasteiger partial charge in [-0.1, -0.05) is 24.3 Å². The fourth-order valence-corrected chi connectivity index (χ4v) is 3.58. The van der Waals surface area contributed by atoms with E-state index in [1.807, 2.05) is 49.4 Å². The molecule has 2 aliphatic rings. The van der Waals surface area contributed by atoms with Crippen LogP contribution in [0, 0.1) is 13.8 Å². The van der Waals surface area contributed by atoms with Crippen LogP contribution in [0.4, 0.5) is 10.5 Å². The summed E-state index contributed by atoms with van der Waals surface area (Å²) in [6, 6.07) is 13.9. The molecule has 0 spiro atoms. The topological polar surface area (TPSA) is 41.6 Å². The fraction of sp³-hybridized carbons (Fsp3) is 0.316. The van der Waals surface area contributed by atoms with E-state index in [9.17, 15) is 4.79 Å². The number of hydrogen-bond acceptors (Lipinski definition) is 2. The minimum atomic E-state index is -0.678. The molecule has 2 atom stereocenters. The van der Waals surface area contributed by atoms with Crippen molar-refractivity contribution in [1.29, 1.82) is 0 Å². The van der Waals surface area contributed by atoms with E-state index < -0.39 is 5.72 Å². The van der Waals surface area contributed by atoms with Crippen LogP contribution < -0.4 is 15.0 Å². The van der Waals surface area contributed by atoms with Gasteiger partial charge in [-0.2, -0.15) is 0 Å². The smallest absolute Gasteiger partial charge is 0.325 e. The van der Waals surface area contributed by atoms with Gasteiger partial charge in [0.25, 0.3) is 0 Å². The van der Waals surface area contributed by atoms with Gasteiger partial charge < -0.3 is 10.1 Å². The lowest BCUT2D eigenvalue weighted by molar-refractivity contribution is 0.0379. The molecule has 0 radical (unpaired) electrons. The molecule has 23 heavy (non-hydrogen) atoms. The molecule has 118 valence electrons. The van der Waals surface area contributed by atoms with Crippen LogP contribution >= 0.6 is 0 Å². The molecule has 2 bridgehead atoms. The minimum Gasteiger partial charge on any atom is -0.467 e. The van der Waals surface area contributed by atoms with Crippen molar-refractivity contribution < 1.29 is 9.53 Å². The number of carbonyl (C=O) groups is 1. The van der Waals surface area contributed by atoms with E-state index in [4.69, 9.17) is 4.74 Å². The maximum absolute atomic E-state index is 12.8. The lowest BCUT2D eigenvalue weighted by Crippen LogP contribution is -2.65. The van der Waals surface area contributed by atoms with Crippen molar-refractivity contribution in [1.82, 2.24) is 5.32 Å². The first kappa shape index (κ1) is 14.1. The average molecular weight is 308 g/mol. The largest absolute Gasteiger partial charge is 0.467 e. The van der Waals surface area contributed by atoms with Gasteiger partial charge in [0, 0.05) is 17.7 Å². The molecule has 0 saturated carbocycles. The summed E-state index contributed by atoms with van der Waals surface area (Å²) in [5, 5.41) is 3.12. The van der Waals surface area contributed by atoms with E-state index in [0.717, 1.165) is 29.0 Å². The average Bonchev–Trinajstić information content (AvgIpc) is 2.50. The van der Waals surface area contributed by atoms with Crippen molar-refractivity contribution in [3.05, 3.63) is 59.2 Å². The molecule has 1 fully saturated rings. The van der Waals surface area contributed by atoms with Crippen LogP contribution in [0.25, 0.3) is 0 Å². The number of fused-ring (bicyclic) bond motifs is 4. The number of anilines is 1. The van der Waals surface area contributed by atoms with E-state index >= 15 is 0 Å². The number of carbonyl (C=O) groups excluding carboxylic acids is 1. The Hall–Kier alpha value is -2.49. The van der Waals surface area contributed by atoms with Crippen LogP contribution in [0.2, 0.25) is 0 Å². The second kappa shape index (κ2) is 4.75. The number of ether oxygens (including phenoxy) is 1. The lowest BCUT2D eigenvalue weighted by atomic mass is 9.90. The molecule has 1 saturated heterocycles. The molecular formula is C19H20N2O2. The molecule has 2 amide bonds. The van der Waals surface area contributed by atoms with Gasteiger partial charge in [0.05, 0.1) is 6.04 Å². The molecule has 4 heteroatoms. The first-order valence-corrected chi connectivity index (χ1v) is 7.94. The Labute approximate surface area is 136 Å². The van der Waals surface area contributed by atoms with Crippen LogP contribution in [0.3, 0.4) is 0 Å². The molecule has 2 aromatic rings. The summed E-state index contributed by atoms with van der Waals surface area (Å²) in [6.07, 6.45) is 0.725. The molecule has 2 aliphatic heterocycles. The number of para-hydroxylation sites is 1. The van der Waals surface area contributed by atoms with Crippen molar-refractivity contribution in [2.45, 2.75) is 39.0 Å². The van der Waals surface area contributed by atoms with Crippen molar-refractivity contribution in [3.8, 4) is 5.75 Å². The van der Waals surface area contributed by atoms with Gasteiger partial charge in [-0.3, -0.25) is 4.90 Å². The van der Waals surface area contributed by atoms with Gasteiger partial charge in [-0.25, -0.2) is 4.79 Å². The van der Waals surface area contributed by atoms with Crippen LogP contribution in [0.1, 0.15) is 36.1 Å². The van der Waals surface area contributed by atoms with Crippen molar-refractivity contribution in [2.75, 3.05) is 4.90 Å². The third-order valence-electron chi connectivity index (χ3n) is 4.93. The molecule has 4 nitrogen and oxygen atoms in total. The molecule has 0 aliphatic carbocycles. The number of hydrogen-bond donors (Lipinski definition) is 1. The van der Waals surface area contributed by atoms with E-state index in [-0.39, 0.29) is 12.1 Å². The second-order valence-electron chi connectivity index (χ2n) is 6.63. The first-order valence-electron chi connectivity index (χ1n) is 7.94. The van der Waals surface area contributed by atoms with Crippen molar-refractivity contribution in [3.63, 3.8) is 0 Å². The number of nitrogens with zero attached hydrogens (tertiary/aromatic N) is 1. The minimum absolute atomic E-state index is 0.000227. The Bertz CT molecular complexity index is 802. The molecule has 2 unspecified atom stereocenters. The van der Waals surface area contributed by atoms with Crippen molar-refractivity contribution >= 4 is 11.7 Å². The van der Waals surface area contributed by atoms with Crippen LogP contribution in [-0.2, 0) is 0 Å². The highest BCUT2D eigenvalue weighted by atomic mass is 16.5. The zero-order chi connectivity index (χ0) is 16.2. The van der Waals surface area contributed by atoms with E-state index in [1.165, 1.54) is 5.56 Å². The third kappa shape index (κ3) is 2.09. The highest BCUT2D eigenvalue weighted by Gasteiger charge is 2.49. The summed E-state index contributed by atoms with van der Waals surface area (Å²) < 4.78 is 6.26. The SMILES string of the molecule is Cc1ccc(N2C(=O)NC3CC2(C)Oc2ccccc23)cc1C. The van der Waals surface area contributed by atoms with Gasteiger partial charge in [-0.15, -0.1) is 0 Å². The van der Waals surface area contributed by atoms with Crippen molar-refractivity contribution in [2.24, 2.45) is 0 Å². The molecule has 0 aromatic heterocycles. The maximum Gasteiger partial charge on any atom is 0.325 e.